The molecule has 1 aliphatic heterocycles. The number of rotatable bonds is 5. The molecular weight excluding hydrogens is 448 g/mol. The quantitative estimate of drug-likeness (QED) is 0.417. The van der Waals surface area contributed by atoms with Crippen LogP contribution in [0.1, 0.15) is 47.1 Å². The predicted molar refractivity (Wildman–Crippen MR) is 134 cm³/mol. The average molecular weight is 475 g/mol. The lowest BCUT2D eigenvalue weighted by atomic mass is 9.86. The first-order valence-corrected chi connectivity index (χ1v) is 12.0. The summed E-state index contributed by atoms with van der Waals surface area (Å²) >= 11 is 1.59. The molecule has 4 aromatic rings. The van der Waals surface area contributed by atoms with Crippen LogP contribution in [0.3, 0.4) is 0 Å². The topological polar surface area (TPSA) is 71.6 Å². The second-order valence-electron chi connectivity index (χ2n) is 9.48. The Labute approximate surface area is 201 Å². The fraction of sp³-hybridized carbons (Fsp3) is 0.259. The molecule has 0 radical (unpaired) electrons. The summed E-state index contributed by atoms with van der Waals surface area (Å²) in [5.41, 5.74) is 2.74. The molecule has 2 aromatic heterocycles. The van der Waals surface area contributed by atoms with Crippen LogP contribution in [0.2, 0.25) is 0 Å². The molecule has 1 aliphatic rings. The van der Waals surface area contributed by atoms with Crippen LogP contribution < -0.4 is 15.0 Å². The summed E-state index contributed by atoms with van der Waals surface area (Å²) in [6, 6.07) is 17.2. The number of fused-ring (bicyclic) bond motifs is 2. The summed E-state index contributed by atoms with van der Waals surface area (Å²) in [6.45, 7) is 7.22. The monoisotopic (exact) mass is 474 g/mol. The van der Waals surface area contributed by atoms with Crippen molar-refractivity contribution < 1.29 is 14.3 Å². The number of carbonyl (C=O) groups excluding carboxylic acids is 1. The number of H-pyrrole nitrogens is 1. The number of benzene rings is 2. The Balaban J connectivity index is 1.48. The Bertz CT molecular complexity index is 1400. The van der Waals surface area contributed by atoms with E-state index < -0.39 is 0 Å². The van der Waals surface area contributed by atoms with Crippen LogP contribution in [0.25, 0.3) is 10.9 Å². The van der Waals surface area contributed by atoms with Gasteiger partial charge in [-0.1, -0.05) is 39.0 Å². The maximum atomic E-state index is 13.5. The molecule has 5 rings (SSSR count). The van der Waals surface area contributed by atoms with Crippen LogP contribution >= 0.6 is 11.3 Å². The van der Waals surface area contributed by atoms with Crippen molar-refractivity contribution in [2.75, 3.05) is 6.79 Å². The molecule has 3 heterocycles. The summed E-state index contributed by atoms with van der Waals surface area (Å²) < 4.78 is 10.9. The lowest BCUT2D eigenvalue weighted by Crippen LogP contribution is -2.32. The van der Waals surface area contributed by atoms with E-state index in [1.807, 2.05) is 53.9 Å². The minimum Gasteiger partial charge on any atom is -0.454 e. The second kappa shape index (κ2) is 8.65. The van der Waals surface area contributed by atoms with Gasteiger partial charge in [0, 0.05) is 27.5 Å². The number of amides is 1. The maximum Gasteiger partial charge on any atom is 0.254 e. The zero-order chi connectivity index (χ0) is 23.9. The van der Waals surface area contributed by atoms with Crippen LogP contribution in [0.15, 0.2) is 64.8 Å². The van der Waals surface area contributed by atoms with Gasteiger partial charge in [-0.05, 0) is 46.7 Å². The molecule has 7 heteroatoms. The van der Waals surface area contributed by atoms with Gasteiger partial charge in [0.2, 0.25) is 6.79 Å². The molecular formula is C27H26N2O4S. The van der Waals surface area contributed by atoms with Crippen molar-refractivity contribution in [3.63, 3.8) is 0 Å². The summed E-state index contributed by atoms with van der Waals surface area (Å²) in [4.78, 5) is 32.2. The van der Waals surface area contributed by atoms with E-state index in [2.05, 4.69) is 25.8 Å². The third-order valence-corrected chi connectivity index (χ3v) is 6.85. The highest BCUT2D eigenvalue weighted by atomic mass is 32.1. The van der Waals surface area contributed by atoms with Gasteiger partial charge in [0.15, 0.2) is 11.5 Å². The van der Waals surface area contributed by atoms with Crippen molar-refractivity contribution in [3.05, 3.63) is 91.9 Å². The van der Waals surface area contributed by atoms with Gasteiger partial charge >= 0.3 is 0 Å². The van der Waals surface area contributed by atoms with Gasteiger partial charge < -0.3 is 19.4 Å². The highest BCUT2D eigenvalue weighted by Gasteiger charge is 2.21. The summed E-state index contributed by atoms with van der Waals surface area (Å²) in [5.74, 6) is 1.15. The Morgan fingerprint density at radius 2 is 1.76 bits per heavy atom. The molecule has 1 amide bonds. The number of nitrogens with one attached hydrogen (secondary N) is 1. The molecule has 0 unspecified atom stereocenters. The molecule has 0 atom stereocenters. The zero-order valence-corrected chi connectivity index (χ0v) is 20.2. The number of pyridine rings is 1. The van der Waals surface area contributed by atoms with Gasteiger partial charge in [0.1, 0.15) is 0 Å². The molecule has 0 bridgehead atoms. The number of hydrogen-bond donors (Lipinski definition) is 1. The van der Waals surface area contributed by atoms with Crippen molar-refractivity contribution in [3.8, 4) is 11.5 Å². The highest BCUT2D eigenvalue weighted by molar-refractivity contribution is 7.09. The predicted octanol–water partition coefficient (Wildman–Crippen LogP) is 5.46. The molecule has 174 valence electrons. The third-order valence-electron chi connectivity index (χ3n) is 5.99. The summed E-state index contributed by atoms with van der Waals surface area (Å²) in [7, 11) is 0. The van der Waals surface area contributed by atoms with E-state index in [-0.39, 0.29) is 30.2 Å². The summed E-state index contributed by atoms with van der Waals surface area (Å²) in [5, 5.41) is 2.82. The lowest BCUT2D eigenvalue weighted by molar-refractivity contribution is 0.0731. The first-order valence-electron chi connectivity index (χ1n) is 11.2. The highest BCUT2D eigenvalue weighted by Crippen LogP contribution is 2.35. The average Bonchev–Trinajstić information content (AvgIpc) is 3.48. The van der Waals surface area contributed by atoms with Crippen molar-refractivity contribution >= 4 is 28.1 Å². The van der Waals surface area contributed by atoms with E-state index >= 15 is 0 Å². The molecule has 2 aromatic carbocycles. The Morgan fingerprint density at radius 1 is 1.03 bits per heavy atom. The third kappa shape index (κ3) is 4.43. The van der Waals surface area contributed by atoms with E-state index in [0.29, 0.717) is 34.7 Å². The number of thiophene rings is 1. The van der Waals surface area contributed by atoms with Gasteiger partial charge in [0.25, 0.3) is 11.5 Å². The van der Waals surface area contributed by atoms with Crippen LogP contribution in [-0.4, -0.2) is 22.6 Å². The largest absolute Gasteiger partial charge is 0.454 e. The molecule has 0 aliphatic carbocycles. The second-order valence-corrected chi connectivity index (χ2v) is 10.5. The minimum absolute atomic E-state index is 0.00551. The standard InChI is InChI=1S/C27H26N2O4S/c1-27(2,3)20-8-6-17(7-9-20)26(31)29(15-21-5-4-10-34-21)14-19-11-18-12-23-24(33-16-32-23)13-22(18)28-25(19)30/h4-13H,14-16H2,1-3H3,(H,28,30). The first kappa shape index (κ1) is 22.2. The van der Waals surface area contributed by atoms with Crippen LogP contribution in [0, 0.1) is 0 Å². The van der Waals surface area contributed by atoms with Crippen LogP contribution in [-0.2, 0) is 18.5 Å². The molecule has 0 fully saturated rings. The van der Waals surface area contributed by atoms with Crippen LogP contribution in [0.4, 0.5) is 0 Å². The molecule has 0 saturated carbocycles. The lowest BCUT2D eigenvalue weighted by Gasteiger charge is -2.23. The maximum absolute atomic E-state index is 13.5. The molecule has 6 nitrogen and oxygen atoms in total. The van der Waals surface area contributed by atoms with Crippen molar-refractivity contribution in [2.24, 2.45) is 0 Å². The van der Waals surface area contributed by atoms with E-state index in [1.54, 1.807) is 22.3 Å². The minimum atomic E-state index is -0.224. The van der Waals surface area contributed by atoms with E-state index in [1.165, 1.54) is 5.56 Å². The first-order chi connectivity index (χ1) is 16.3. The summed E-state index contributed by atoms with van der Waals surface area (Å²) in [6.07, 6.45) is 0. The fourth-order valence-electron chi connectivity index (χ4n) is 4.05. The van der Waals surface area contributed by atoms with Gasteiger partial charge in [-0.25, -0.2) is 0 Å². The van der Waals surface area contributed by atoms with Gasteiger partial charge in [-0.3, -0.25) is 9.59 Å². The van der Waals surface area contributed by atoms with Gasteiger partial charge in [0.05, 0.1) is 18.6 Å². The zero-order valence-electron chi connectivity index (χ0n) is 19.4. The molecule has 0 spiro atoms. The number of carbonyl (C=O) groups is 1. The van der Waals surface area contributed by atoms with E-state index in [0.717, 1.165) is 10.3 Å². The number of aromatic nitrogens is 1. The fourth-order valence-corrected chi connectivity index (χ4v) is 4.77. The molecule has 0 saturated heterocycles. The van der Waals surface area contributed by atoms with Crippen LogP contribution in [0.5, 0.6) is 11.5 Å². The van der Waals surface area contributed by atoms with E-state index in [9.17, 15) is 9.59 Å². The smallest absolute Gasteiger partial charge is 0.254 e. The number of aromatic amines is 1. The molecule has 34 heavy (non-hydrogen) atoms. The van der Waals surface area contributed by atoms with Crippen molar-refractivity contribution in [1.82, 2.24) is 9.88 Å². The number of hydrogen-bond acceptors (Lipinski definition) is 5. The normalized spacial score (nSPS) is 12.8. The SMILES string of the molecule is CC(C)(C)c1ccc(C(=O)N(Cc2cccs2)Cc2cc3cc4c(cc3[nH]c2=O)OCO4)cc1. The molecule has 1 N–H and O–H groups in total. The van der Waals surface area contributed by atoms with Crippen molar-refractivity contribution in [2.45, 2.75) is 39.3 Å². The van der Waals surface area contributed by atoms with Gasteiger partial charge in [-0.15, -0.1) is 11.3 Å². The van der Waals surface area contributed by atoms with E-state index in [4.69, 9.17) is 9.47 Å². The van der Waals surface area contributed by atoms with Gasteiger partial charge in [-0.2, -0.15) is 0 Å². The van der Waals surface area contributed by atoms with Crippen molar-refractivity contribution in [1.29, 1.82) is 0 Å². The Morgan fingerprint density at radius 3 is 2.44 bits per heavy atom. The Hall–Kier alpha value is -3.58. The Kier molecular flexibility index (Phi) is 5.65. The number of ether oxygens (including phenoxy) is 2. The number of nitrogens with zero attached hydrogens (tertiary/aromatic N) is 1.